The molecule has 2 aromatic heterocycles. The molecule has 1 fully saturated rings. The van der Waals surface area contributed by atoms with Crippen molar-refractivity contribution in [1.82, 2.24) is 4.31 Å². The van der Waals surface area contributed by atoms with Crippen LogP contribution in [0.4, 0.5) is 5.00 Å². The predicted octanol–water partition coefficient (Wildman–Crippen LogP) is 3.53. The number of hydrogen-bond donors (Lipinski definition) is 1. The summed E-state index contributed by atoms with van der Waals surface area (Å²) in [4.78, 5) is 28.0. The van der Waals surface area contributed by atoms with Gasteiger partial charge in [-0.15, -0.1) is 22.7 Å². The average Bonchev–Trinajstić information content (AvgIpc) is 3.35. The lowest BCUT2D eigenvalue weighted by Crippen LogP contribution is -2.43. The molecular weight excluding hydrogens is 428 g/mol. The summed E-state index contributed by atoms with van der Waals surface area (Å²) in [7, 11) is -3.32. The third-order valence-electron chi connectivity index (χ3n) is 5.60. The fourth-order valence-electron chi connectivity index (χ4n) is 4.10. The molecule has 9 heteroatoms. The number of piperidine rings is 1. The van der Waals surface area contributed by atoms with Gasteiger partial charge in [-0.2, -0.15) is 0 Å². The van der Waals surface area contributed by atoms with Crippen LogP contribution >= 0.6 is 22.7 Å². The van der Waals surface area contributed by atoms with Crippen LogP contribution in [0.1, 0.15) is 51.4 Å². The van der Waals surface area contributed by atoms with Crippen molar-refractivity contribution in [2.24, 2.45) is 5.92 Å². The second kappa shape index (κ2) is 8.29. The molecule has 3 heterocycles. The number of carbonyl (C=O) groups is 2. The van der Waals surface area contributed by atoms with Gasteiger partial charge in [0.05, 0.1) is 22.6 Å². The Morgan fingerprint density at radius 1 is 1.21 bits per heavy atom. The molecule has 1 unspecified atom stereocenters. The molecule has 1 N–H and O–H groups in total. The lowest BCUT2D eigenvalue weighted by Gasteiger charge is -2.30. The molecule has 1 aliphatic heterocycles. The normalized spacial score (nSPS) is 20.2. The number of fused-ring (bicyclic) bond motifs is 1. The number of anilines is 1. The van der Waals surface area contributed by atoms with E-state index in [1.807, 2.05) is 17.5 Å². The first-order chi connectivity index (χ1) is 13.8. The van der Waals surface area contributed by atoms with Crippen LogP contribution in [0.5, 0.6) is 0 Å². The van der Waals surface area contributed by atoms with Gasteiger partial charge in [0.25, 0.3) is 0 Å². The van der Waals surface area contributed by atoms with Crippen molar-refractivity contribution >= 4 is 49.4 Å². The molecule has 0 radical (unpaired) electrons. The number of carbonyl (C=O) groups excluding carboxylic acids is 2. The van der Waals surface area contributed by atoms with Crippen LogP contribution in [0.25, 0.3) is 0 Å². The molecule has 1 amide bonds. The summed E-state index contributed by atoms with van der Waals surface area (Å²) < 4.78 is 25.1. The van der Waals surface area contributed by atoms with Gasteiger partial charge in [-0.05, 0) is 55.5 Å². The van der Waals surface area contributed by atoms with E-state index < -0.39 is 15.9 Å². The Morgan fingerprint density at radius 3 is 2.72 bits per heavy atom. The predicted molar refractivity (Wildman–Crippen MR) is 116 cm³/mol. The number of thiophene rings is 2. The molecular formula is C20H24N2O4S3. The lowest BCUT2D eigenvalue weighted by molar-refractivity contribution is -0.120. The van der Waals surface area contributed by atoms with Gasteiger partial charge in [-0.25, -0.2) is 12.7 Å². The Kier molecular flexibility index (Phi) is 5.92. The summed E-state index contributed by atoms with van der Waals surface area (Å²) in [6, 6.07) is 3.67. The summed E-state index contributed by atoms with van der Waals surface area (Å²) in [6.07, 6.45) is 6.43. The van der Waals surface area contributed by atoms with Crippen LogP contribution in [-0.2, 0) is 27.7 Å². The van der Waals surface area contributed by atoms with E-state index in [0.717, 1.165) is 31.2 Å². The summed E-state index contributed by atoms with van der Waals surface area (Å²) >= 11 is 2.91. The fourth-order valence-corrected chi connectivity index (χ4v) is 6.97. The first-order valence-electron chi connectivity index (χ1n) is 9.83. The third kappa shape index (κ3) is 4.33. The molecule has 29 heavy (non-hydrogen) atoms. The highest BCUT2D eigenvalue weighted by atomic mass is 32.2. The maximum atomic E-state index is 13.2. The number of hydrogen-bond acceptors (Lipinski definition) is 6. The van der Waals surface area contributed by atoms with Gasteiger partial charge in [0, 0.05) is 18.0 Å². The van der Waals surface area contributed by atoms with Gasteiger partial charge < -0.3 is 5.32 Å². The van der Waals surface area contributed by atoms with Crippen molar-refractivity contribution < 1.29 is 18.0 Å². The second-order valence-corrected chi connectivity index (χ2v) is 11.7. The highest BCUT2D eigenvalue weighted by Crippen LogP contribution is 2.40. The first kappa shape index (κ1) is 20.7. The monoisotopic (exact) mass is 452 g/mol. The van der Waals surface area contributed by atoms with Crippen molar-refractivity contribution in [3.63, 3.8) is 0 Å². The number of sulfonamides is 1. The highest BCUT2D eigenvalue weighted by Gasteiger charge is 2.32. The molecule has 0 saturated carbocycles. The molecule has 0 spiro atoms. The van der Waals surface area contributed by atoms with Crippen LogP contribution < -0.4 is 5.32 Å². The van der Waals surface area contributed by atoms with E-state index >= 15 is 0 Å². The zero-order valence-electron chi connectivity index (χ0n) is 16.3. The number of aryl methyl sites for hydroxylation is 1. The number of nitrogens with one attached hydrogen (secondary N) is 1. The highest BCUT2D eigenvalue weighted by molar-refractivity contribution is 7.88. The van der Waals surface area contributed by atoms with E-state index in [4.69, 9.17) is 0 Å². The summed E-state index contributed by atoms with van der Waals surface area (Å²) in [5.41, 5.74) is 1.72. The minimum atomic E-state index is -3.32. The Labute approximate surface area is 179 Å². The Hall–Kier alpha value is -1.55. The molecule has 1 atom stereocenters. The standard InChI is InChI=1S/C20H24N2O4S3/c1-29(25,26)22-10-4-6-13(12-22)19(24)21-20-17(18(23)16-9-5-11-27-16)14-7-2-3-8-15(14)28-20/h5,9,11,13H,2-4,6-8,10,12H2,1H3,(H,21,24). The number of ketones is 1. The van der Waals surface area contributed by atoms with Crippen LogP contribution in [-0.4, -0.2) is 43.8 Å². The van der Waals surface area contributed by atoms with Gasteiger partial charge in [-0.1, -0.05) is 6.07 Å². The van der Waals surface area contributed by atoms with E-state index in [1.165, 1.54) is 38.1 Å². The van der Waals surface area contributed by atoms with Crippen molar-refractivity contribution in [3.8, 4) is 0 Å². The van der Waals surface area contributed by atoms with E-state index in [-0.39, 0.29) is 18.2 Å². The van der Waals surface area contributed by atoms with Crippen LogP contribution in [0.15, 0.2) is 17.5 Å². The maximum absolute atomic E-state index is 13.2. The second-order valence-electron chi connectivity index (χ2n) is 7.67. The minimum absolute atomic E-state index is 0.0314. The van der Waals surface area contributed by atoms with Crippen molar-refractivity contribution in [1.29, 1.82) is 0 Å². The van der Waals surface area contributed by atoms with Crippen LogP contribution in [0, 0.1) is 5.92 Å². The Morgan fingerprint density at radius 2 is 2.00 bits per heavy atom. The quantitative estimate of drug-likeness (QED) is 0.704. The van der Waals surface area contributed by atoms with E-state index in [2.05, 4.69) is 5.32 Å². The van der Waals surface area contributed by atoms with E-state index in [9.17, 15) is 18.0 Å². The molecule has 2 aromatic rings. The molecule has 156 valence electrons. The van der Waals surface area contributed by atoms with E-state index in [0.29, 0.717) is 34.8 Å². The minimum Gasteiger partial charge on any atom is -0.317 e. The average molecular weight is 453 g/mol. The third-order valence-corrected chi connectivity index (χ3v) is 8.95. The fraction of sp³-hybridized carbons (Fsp3) is 0.500. The van der Waals surface area contributed by atoms with Crippen LogP contribution in [0.2, 0.25) is 0 Å². The van der Waals surface area contributed by atoms with Gasteiger partial charge in [0.15, 0.2) is 0 Å². The molecule has 1 aliphatic carbocycles. The number of nitrogens with zero attached hydrogens (tertiary/aromatic N) is 1. The molecule has 2 aliphatic rings. The maximum Gasteiger partial charge on any atom is 0.229 e. The molecule has 6 nitrogen and oxygen atoms in total. The molecule has 4 rings (SSSR count). The molecule has 0 bridgehead atoms. The Bertz CT molecular complexity index is 1020. The zero-order chi connectivity index (χ0) is 20.6. The summed E-state index contributed by atoms with van der Waals surface area (Å²) in [5.74, 6) is -0.629. The van der Waals surface area contributed by atoms with Crippen molar-refractivity contribution in [3.05, 3.63) is 38.4 Å². The smallest absolute Gasteiger partial charge is 0.229 e. The summed E-state index contributed by atoms with van der Waals surface area (Å²) in [5, 5.41) is 5.50. The first-order valence-corrected chi connectivity index (χ1v) is 13.4. The van der Waals surface area contributed by atoms with Gasteiger partial charge in [-0.3, -0.25) is 9.59 Å². The zero-order valence-corrected chi connectivity index (χ0v) is 18.7. The van der Waals surface area contributed by atoms with Gasteiger partial charge in [0.1, 0.15) is 5.00 Å². The van der Waals surface area contributed by atoms with E-state index in [1.54, 1.807) is 0 Å². The van der Waals surface area contributed by atoms with Gasteiger partial charge in [0.2, 0.25) is 21.7 Å². The largest absolute Gasteiger partial charge is 0.317 e. The number of rotatable bonds is 5. The summed E-state index contributed by atoms with van der Waals surface area (Å²) in [6.45, 7) is 0.655. The van der Waals surface area contributed by atoms with Gasteiger partial charge >= 0.3 is 0 Å². The Balaban J connectivity index is 1.61. The number of amides is 1. The van der Waals surface area contributed by atoms with Crippen molar-refractivity contribution in [2.75, 3.05) is 24.7 Å². The van der Waals surface area contributed by atoms with Crippen molar-refractivity contribution in [2.45, 2.75) is 38.5 Å². The topological polar surface area (TPSA) is 83.6 Å². The molecule has 0 aromatic carbocycles. The SMILES string of the molecule is CS(=O)(=O)N1CCCC(C(=O)Nc2sc3c(c2C(=O)c2cccs2)CCCC3)C1. The lowest BCUT2D eigenvalue weighted by atomic mass is 9.93. The molecule has 1 saturated heterocycles. The van der Waals surface area contributed by atoms with Crippen LogP contribution in [0.3, 0.4) is 0 Å².